The van der Waals surface area contributed by atoms with E-state index in [9.17, 15) is 4.79 Å². The largest absolute Gasteiger partial charge is 0.366 e. The third-order valence-electron chi connectivity index (χ3n) is 3.64. The van der Waals surface area contributed by atoms with Gasteiger partial charge >= 0.3 is 0 Å². The fourth-order valence-electron chi connectivity index (χ4n) is 2.52. The average molecular weight is 258 g/mol. The van der Waals surface area contributed by atoms with E-state index in [1.54, 1.807) is 0 Å². The zero-order valence-electron chi connectivity index (χ0n) is 11.7. The monoisotopic (exact) mass is 258 g/mol. The molecule has 2 rings (SSSR count). The molecule has 1 heterocycles. The fourth-order valence-corrected chi connectivity index (χ4v) is 2.52. The van der Waals surface area contributed by atoms with Crippen LogP contribution in [0.2, 0.25) is 0 Å². The lowest BCUT2D eigenvalue weighted by molar-refractivity contribution is -0.111. The summed E-state index contributed by atoms with van der Waals surface area (Å²) >= 11 is 0. The summed E-state index contributed by atoms with van der Waals surface area (Å²) in [6, 6.07) is 10.4. The summed E-state index contributed by atoms with van der Waals surface area (Å²) in [7, 11) is 1.98. The van der Waals surface area contributed by atoms with E-state index in [2.05, 4.69) is 35.3 Å². The molecule has 0 spiro atoms. The number of carbonyl (C=O) groups excluding carboxylic acids is 1. The maximum atomic E-state index is 11.3. The zero-order chi connectivity index (χ0) is 13.7. The number of hydrogen-bond donors (Lipinski definition) is 1. The molecule has 1 N–H and O–H groups in total. The van der Waals surface area contributed by atoms with E-state index < -0.39 is 0 Å². The van der Waals surface area contributed by atoms with Gasteiger partial charge in [0.1, 0.15) is 12.3 Å². The standard InChI is InChI=1S/C16H22N2O/c1-3-4-10-16-17-14(15(12-19)18(16)2)11-13-8-6-5-7-9-13/h5-10,12,14-15,17H,3-4,11H2,1-2H3. The van der Waals surface area contributed by atoms with Crippen molar-refractivity contribution in [3.8, 4) is 0 Å². The van der Waals surface area contributed by atoms with E-state index in [1.807, 2.05) is 25.2 Å². The number of likely N-dealkylation sites (N-methyl/N-ethyl adjacent to an activating group) is 1. The van der Waals surface area contributed by atoms with E-state index in [0.29, 0.717) is 0 Å². The Hall–Kier alpha value is -1.77. The number of nitrogens with zero attached hydrogens (tertiary/aromatic N) is 1. The molecule has 102 valence electrons. The molecular weight excluding hydrogens is 236 g/mol. The first-order valence-corrected chi connectivity index (χ1v) is 6.95. The van der Waals surface area contributed by atoms with Crippen LogP contribution in [0, 0.1) is 0 Å². The zero-order valence-corrected chi connectivity index (χ0v) is 11.7. The number of carbonyl (C=O) groups is 1. The molecule has 1 saturated heterocycles. The number of hydrogen-bond acceptors (Lipinski definition) is 3. The van der Waals surface area contributed by atoms with E-state index in [4.69, 9.17) is 0 Å². The molecule has 3 heteroatoms. The minimum absolute atomic E-state index is 0.0803. The van der Waals surface area contributed by atoms with E-state index in [0.717, 1.165) is 31.4 Å². The lowest BCUT2D eigenvalue weighted by atomic mass is 10.0. The SMILES string of the molecule is CCCC=C1NC(Cc2ccccc2)C(C=O)N1C. The Labute approximate surface area is 115 Å². The molecule has 1 aliphatic heterocycles. The first-order valence-electron chi connectivity index (χ1n) is 6.95. The Morgan fingerprint density at radius 3 is 2.68 bits per heavy atom. The van der Waals surface area contributed by atoms with E-state index in [1.165, 1.54) is 5.56 Å². The van der Waals surface area contributed by atoms with Gasteiger partial charge in [0.2, 0.25) is 0 Å². The molecule has 1 fully saturated rings. The number of allylic oxidation sites excluding steroid dienone is 1. The predicted molar refractivity (Wildman–Crippen MR) is 77.7 cm³/mol. The second-order valence-corrected chi connectivity index (χ2v) is 5.06. The van der Waals surface area contributed by atoms with Crippen LogP contribution in [0.25, 0.3) is 0 Å². The molecule has 1 aliphatic rings. The molecular formula is C16H22N2O. The highest BCUT2D eigenvalue weighted by Gasteiger charge is 2.33. The van der Waals surface area contributed by atoms with Crippen LogP contribution < -0.4 is 5.32 Å². The van der Waals surface area contributed by atoms with Crippen LogP contribution in [0.15, 0.2) is 42.2 Å². The molecule has 0 bridgehead atoms. The van der Waals surface area contributed by atoms with Crippen molar-refractivity contribution >= 4 is 6.29 Å². The molecule has 19 heavy (non-hydrogen) atoms. The molecule has 0 aliphatic carbocycles. The van der Waals surface area contributed by atoms with Crippen molar-refractivity contribution in [3.63, 3.8) is 0 Å². The molecule has 3 nitrogen and oxygen atoms in total. The van der Waals surface area contributed by atoms with E-state index in [-0.39, 0.29) is 12.1 Å². The van der Waals surface area contributed by atoms with Crippen LogP contribution in [0.4, 0.5) is 0 Å². The number of rotatable bonds is 5. The second kappa shape index (κ2) is 6.41. The fraction of sp³-hybridized carbons (Fsp3) is 0.438. The molecule has 2 unspecified atom stereocenters. The van der Waals surface area contributed by atoms with Crippen molar-refractivity contribution < 1.29 is 4.79 Å². The number of unbranched alkanes of at least 4 members (excludes halogenated alkanes) is 1. The van der Waals surface area contributed by atoms with Crippen molar-refractivity contribution in [2.45, 2.75) is 38.3 Å². The van der Waals surface area contributed by atoms with Gasteiger partial charge in [0.15, 0.2) is 0 Å². The summed E-state index contributed by atoms with van der Waals surface area (Å²) in [6.45, 7) is 2.16. The Balaban J connectivity index is 2.10. The van der Waals surface area contributed by atoms with Crippen LogP contribution in [0.5, 0.6) is 0 Å². The van der Waals surface area contributed by atoms with Gasteiger partial charge in [-0.3, -0.25) is 0 Å². The van der Waals surface area contributed by atoms with Crippen LogP contribution >= 0.6 is 0 Å². The molecule has 0 amide bonds. The lowest BCUT2D eigenvalue weighted by Crippen LogP contribution is -2.37. The first kappa shape index (κ1) is 13.7. The highest BCUT2D eigenvalue weighted by atomic mass is 16.1. The molecule has 2 atom stereocenters. The predicted octanol–water partition coefficient (Wildman–Crippen LogP) is 2.34. The Bertz CT molecular complexity index is 441. The van der Waals surface area contributed by atoms with Gasteiger partial charge in [0, 0.05) is 7.05 Å². The number of aldehydes is 1. The molecule has 0 saturated carbocycles. The lowest BCUT2D eigenvalue weighted by Gasteiger charge is -2.18. The first-order chi connectivity index (χ1) is 9.26. The van der Waals surface area contributed by atoms with Crippen molar-refractivity contribution in [2.24, 2.45) is 0 Å². The maximum absolute atomic E-state index is 11.3. The molecule has 0 radical (unpaired) electrons. The highest BCUT2D eigenvalue weighted by molar-refractivity contribution is 5.61. The minimum atomic E-state index is -0.0803. The molecule has 1 aromatic carbocycles. The van der Waals surface area contributed by atoms with Gasteiger partial charge < -0.3 is 15.0 Å². The van der Waals surface area contributed by atoms with Crippen molar-refractivity contribution in [1.82, 2.24) is 10.2 Å². The summed E-state index contributed by atoms with van der Waals surface area (Å²) in [5.74, 6) is 1.08. The maximum Gasteiger partial charge on any atom is 0.144 e. The summed E-state index contributed by atoms with van der Waals surface area (Å²) < 4.78 is 0. The third kappa shape index (κ3) is 3.16. The molecule has 0 aromatic heterocycles. The van der Waals surface area contributed by atoms with Crippen molar-refractivity contribution in [3.05, 3.63) is 47.8 Å². The van der Waals surface area contributed by atoms with Crippen LogP contribution in [0.1, 0.15) is 25.3 Å². The normalized spacial score (nSPS) is 24.5. The Morgan fingerprint density at radius 2 is 2.05 bits per heavy atom. The Morgan fingerprint density at radius 1 is 1.32 bits per heavy atom. The summed E-state index contributed by atoms with van der Waals surface area (Å²) in [5.41, 5.74) is 1.26. The smallest absolute Gasteiger partial charge is 0.144 e. The second-order valence-electron chi connectivity index (χ2n) is 5.06. The van der Waals surface area contributed by atoms with Crippen molar-refractivity contribution in [2.75, 3.05) is 7.05 Å². The highest BCUT2D eigenvalue weighted by Crippen LogP contribution is 2.20. The van der Waals surface area contributed by atoms with Gasteiger partial charge in [-0.05, 0) is 24.5 Å². The van der Waals surface area contributed by atoms with Gasteiger partial charge in [0.25, 0.3) is 0 Å². The topological polar surface area (TPSA) is 32.3 Å². The number of nitrogens with one attached hydrogen (secondary N) is 1. The summed E-state index contributed by atoms with van der Waals surface area (Å²) in [5, 5.41) is 3.48. The van der Waals surface area contributed by atoms with Crippen LogP contribution in [0.3, 0.4) is 0 Å². The summed E-state index contributed by atoms with van der Waals surface area (Å²) in [6.07, 6.45) is 6.26. The van der Waals surface area contributed by atoms with Gasteiger partial charge in [-0.1, -0.05) is 43.7 Å². The van der Waals surface area contributed by atoms with Crippen LogP contribution in [-0.2, 0) is 11.2 Å². The van der Waals surface area contributed by atoms with E-state index >= 15 is 0 Å². The minimum Gasteiger partial charge on any atom is -0.366 e. The Kier molecular flexibility index (Phi) is 4.61. The number of benzene rings is 1. The van der Waals surface area contributed by atoms with Gasteiger partial charge in [0.05, 0.1) is 11.9 Å². The average Bonchev–Trinajstić information content (AvgIpc) is 2.73. The van der Waals surface area contributed by atoms with Crippen LogP contribution in [-0.4, -0.2) is 30.3 Å². The summed E-state index contributed by atoms with van der Waals surface area (Å²) in [4.78, 5) is 13.4. The third-order valence-corrected chi connectivity index (χ3v) is 3.64. The van der Waals surface area contributed by atoms with Gasteiger partial charge in [-0.25, -0.2) is 0 Å². The van der Waals surface area contributed by atoms with Gasteiger partial charge in [-0.15, -0.1) is 0 Å². The van der Waals surface area contributed by atoms with Crippen molar-refractivity contribution in [1.29, 1.82) is 0 Å². The van der Waals surface area contributed by atoms with Gasteiger partial charge in [-0.2, -0.15) is 0 Å². The molecule has 1 aromatic rings. The quantitative estimate of drug-likeness (QED) is 0.823.